The molecule has 0 radical (unpaired) electrons. The Morgan fingerprint density at radius 2 is 1.93 bits per heavy atom. The molecule has 0 saturated carbocycles. The van der Waals surface area contributed by atoms with Crippen LogP contribution in [0, 0.1) is 5.92 Å². The Hall–Kier alpha value is -2.99. The normalized spacial score (nSPS) is 25.3. The zero-order valence-electron chi connectivity index (χ0n) is 16.0. The number of oxazole rings is 1. The highest BCUT2D eigenvalue weighted by atomic mass is 16.7. The van der Waals surface area contributed by atoms with Gasteiger partial charge in [0.15, 0.2) is 17.1 Å². The largest absolute Gasteiger partial charge is 0.454 e. The molecule has 0 amide bonds. The molecule has 146 valence electrons. The molecule has 1 atom stereocenters. The number of H-pyrrole nitrogens is 1. The van der Waals surface area contributed by atoms with Crippen LogP contribution in [0.5, 0.6) is 11.5 Å². The van der Waals surface area contributed by atoms with Crippen molar-refractivity contribution in [2.24, 2.45) is 5.92 Å². The quantitative estimate of drug-likeness (QED) is 0.548. The number of piperidine rings is 3. The highest BCUT2D eigenvalue weighted by Gasteiger charge is 2.36. The number of hydrogen-bond donors (Lipinski definition) is 1. The van der Waals surface area contributed by atoms with E-state index in [0.29, 0.717) is 11.8 Å². The van der Waals surface area contributed by atoms with Gasteiger partial charge in [0.1, 0.15) is 5.52 Å². The van der Waals surface area contributed by atoms with Crippen molar-refractivity contribution in [2.45, 2.75) is 18.8 Å². The summed E-state index contributed by atoms with van der Waals surface area (Å²) in [7, 11) is 0. The number of aromatic amines is 1. The maximum atomic E-state index is 6.16. The molecule has 1 unspecified atom stereocenters. The fourth-order valence-corrected chi connectivity index (χ4v) is 5.40. The summed E-state index contributed by atoms with van der Waals surface area (Å²) in [4.78, 5) is 11.0. The number of aromatic nitrogens is 2. The molecule has 3 fully saturated rings. The molecule has 6 heteroatoms. The predicted molar refractivity (Wildman–Crippen MR) is 109 cm³/mol. The van der Waals surface area contributed by atoms with E-state index in [9.17, 15) is 0 Å². The number of benzene rings is 2. The van der Waals surface area contributed by atoms with Crippen LogP contribution in [-0.4, -0.2) is 41.3 Å². The lowest BCUT2D eigenvalue weighted by Gasteiger charge is -2.44. The van der Waals surface area contributed by atoms with Gasteiger partial charge in [0.2, 0.25) is 12.7 Å². The van der Waals surface area contributed by atoms with Crippen LogP contribution in [0.15, 0.2) is 40.9 Å². The monoisotopic (exact) mass is 387 g/mol. The molecule has 3 saturated heterocycles. The van der Waals surface area contributed by atoms with Gasteiger partial charge < -0.3 is 23.8 Å². The second kappa shape index (κ2) is 5.76. The van der Waals surface area contributed by atoms with Gasteiger partial charge >= 0.3 is 0 Å². The lowest BCUT2D eigenvalue weighted by molar-refractivity contribution is 0.0877. The first-order valence-electron chi connectivity index (χ1n) is 10.4. The fraction of sp³-hybridized carbons (Fsp3) is 0.348. The van der Waals surface area contributed by atoms with Crippen molar-refractivity contribution in [3.8, 4) is 23.0 Å². The van der Waals surface area contributed by atoms with Crippen LogP contribution in [-0.2, 0) is 0 Å². The molecule has 4 aromatic rings. The van der Waals surface area contributed by atoms with Crippen molar-refractivity contribution in [3.63, 3.8) is 0 Å². The van der Waals surface area contributed by atoms with E-state index in [-0.39, 0.29) is 6.79 Å². The van der Waals surface area contributed by atoms with E-state index in [2.05, 4.69) is 22.1 Å². The average molecular weight is 387 g/mol. The first-order chi connectivity index (χ1) is 14.3. The Morgan fingerprint density at radius 1 is 1.03 bits per heavy atom. The maximum Gasteiger partial charge on any atom is 0.231 e. The summed E-state index contributed by atoms with van der Waals surface area (Å²) in [5.74, 6) is 3.47. The minimum atomic E-state index is 0.263. The van der Waals surface area contributed by atoms with Crippen molar-refractivity contribution in [3.05, 3.63) is 42.1 Å². The van der Waals surface area contributed by atoms with E-state index >= 15 is 0 Å². The first kappa shape index (κ1) is 15.9. The van der Waals surface area contributed by atoms with Crippen LogP contribution >= 0.6 is 0 Å². The van der Waals surface area contributed by atoms with Crippen molar-refractivity contribution in [1.29, 1.82) is 0 Å². The molecule has 4 aliphatic rings. The number of rotatable bonds is 2. The van der Waals surface area contributed by atoms with E-state index in [4.69, 9.17) is 18.9 Å². The zero-order valence-corrected chi connectivity index (χ0v) is 16.0. The van der Waals surface area contributed by atoms with Crippen LogP contribution in [0.2, 0.25) is 0 Å². The lowest BCUT2D eigenvalue weighted by atomic mass is 9.75. The van der Waals surface area contributed by atoms with Gasteiger partial charge in [-0.15, -0.1) is 0 Å². The van der Waals surface area contributed by atoms with Crippen LogP contribution in [0.3, 0.4) is 0 Å². The Bertz CT molecular complexity index is 1250. The zero-order chi connectivity index (χ0) is 18.9. The molecular weight excluding hydrogens is 366 g/mol. The van der Waals surface area contributed by atoms with E-state index in [1.165, 1.54) is 36.9 Å². The Labute approximate surface area is 167 Å². The number of fused-ring (bicyclic) bond motifs is 7. The SMILES string of the molecule is c1cc2c(cc1-c1nc3c(ccc4[nH]cc(C5CN6CCC5CC6)c43)o1)OCO2. The number of ether oxygens (including phenoxy) is 2. The van der Waals surface area contributed by atoms with E-state index in [1.807, 2.05) is 24.3 Å². The summed E-state index contributed by atoms with van der Waals surface area (Å²) < 4.78 is 17.1. The first-order valence-corrected chi connectivity index (χ1v) is 10.4. The molecule has 4 aliphatic heterocycles. The molecule has 8 rings (SSSR count). The van der Waals surface area contributed by atoms with Crippen LogP contribution in [0.25, 0.3) is 33.5 Å². The van der Waals surface area contributed by atoms with Crippen LogP contribution in [0.4, 0.5) is 0 Å². The third-order valence-corrected chi connectivity index (χ3v) is 6.91. The smallest absolute Gasteiger partial charge is 0.231 e. The van der Waals surface area contributed by atoms with Crippen molar-refractivity contribution < 1.29 is 13.9 Å². The molecule has 0 aliphatic carbocycles. The van der Waals surface area contributed by atoms with Crippen molar-refractivity contribution in [1.82, 2.24) is 14.9 Å². The molecule has 0 spiro atoms. The lowest BCUT2D eigenvalue weighted by Crippen LogP contribution is -2.46. The Balaban J connectivity index is 1.38. The second-order valence-corrected chi connectivity index (χ2v) is 8.41. The standard InChI is InChI=1S/C23H21N3O3/c1-3-18-20(28-12-27-18)9-14(1)23-25-22-19(29-23)4-2-17-21(22)15(10-24-17)16-11-26-7-5-13(16)6-8-26/h1-4,9-10,13,16,24H,5-8,11-12H2. The van der Waals surface area contributed by atoms with Crippen molar-refractivity contribution >= 4 is 22.0 Å². The number of hydrogen-bond acceptors (Lipinski definition) is 5. The highest BCUT2D eigenvalue weighted by molar-refractivity contribution is 6.05. The van der Waals surface area contributed by atoms with Gasteiger partial charge in [-0.05, 0) is 67.7 Å². The molecule has 6 nitrogen and oxygen atoms in total. The summed E-state index contributed by atoms with van der Waals surface area (Å²) >= 11 is 0. The Kier molecular flexibility index (Phi) is 3.16. The van der Waals surface area contributed by atoms with Gasteiger partial charge in [-0.1, -0.05) is 0 Å². The topological polar surface area (TPSA) is 63.5 Å². The minimum absolute atomic E-state index is 0.263. The fourth-order valence-electron chi connectivity index (χ4n) is 5.40. The molecule has 2 aromatic carbocycles. The van der Waals surface area contributed by atoms with Crippen LogP contribution < -0.4 is 9.47 Å². The molecule has 2 bridgehead atoms. The summed E-state index contributed by atoms with van der Waals surface area (Å²) in [6.45, 7) is 3.91. The van der Waals surface area contributed by atoms with Gasteiger partial charge in [-0.3, -0.25) is 0 Å². The van der Waals surface area contributed by atoms with Gasteiger partial charge in [-0.25, -0.2) is 4.98 Å². The highest BCUT2D eigenvalue weighted by Crippen LogP contribution is 2.43. The third-order valence-electron chi connectivity index (χ3n) is 6.91. The summed E-state index contributed by atoms with van der Waals surface area (Å²) in [5, 5.41) is 1.22. The molecular formula is C23H21N3O3. The molecule has 6 heterocycles. The Morgan fingerprint density at radius 3 is 2.79 bits per heavy atom. The second-order valence-electron chi connectivity index (χ2n) is 8.41. The van der Waals surface area contributed by atoms with E-state index < -0.39 is 0 Å². The number of nitrogens with one attached hydrogen (secondary N) is 1. The van der Waals surface area contributed by atoms with E-state index in [1.54, 1.807) is 0 Å². The average Bonchev–Trinajstić information content (AvgIpc) is 3.50. The molecule has 29 heavy (non-hydrogen) atoms. The minimum Gasteiger partial charge on any atom is -0.454 e. The summed E-state index contributed by atoms with van der Waals surface area (Å²) in [6.07, 6.45) is 4.80. The maximum absolute atomic E-state index is 6.16. The van der Waals surface area contributed by atoms with E-state index in [0.717, 1.165) is 46.1 Å². The molecule has 1 N–H and O–H groups in total. The van der Waals surface area contributed by atoms with Gasteiger partial charge in [-0.2, -0.15) is 0 Å². The summed E-state index contributed by atoms with van der Waals surface area (Å²) in [5.41, 5.74) is 5.20. The molecule has 2 aromatic heterocycles. The van der Waals surface area contributed by atoms with Gasteiger partial charge in [0, 0.05) is 35.1 Å². The van der Waals surface area contributed by atoms with Gasteiger partial charge in [0.05, 0.1) is 0 Å². The van der Waals surface area contributed by atoms with Crippen molar-refractivity contribution in [2.75, 3.05) is 26.4 Å². The van der Waals surface area contributed by atoms with Gasteiger partial charge in [0.25, 0.3) is 0 Å². The third kappa shape index (κ3) is 2.29. The van der Waals surface area contributed by atoms with Crippen LogP contribution in [0.1, 0.15) is 24.3 Å². The predicted octanol–water partition coefficient (Wildman–Crippen LogP) is 4.51. The summed E-state index contributed by atoms with van der Waals surface area (Å²) in [6, 6.07) is 9.95. The number of nitrogens with zero attached hydrogens (tertiary/aromatic N) is 2.